The van der Waals surface area contributed by atoms with E-state index in [0.717, 1.165) is 18.7 Å². The Morgan fingerprint density at radius 1 is 1.41 bits per heavy atom. The lowest BCUT2D eigenvalue weighted by atomic mass is 10.2. The van der Waals surface area contributed by atoms with Gasteiger partial charge in [-0.2, -0.15) is 0 Å². The van der Waals surface area contributed by atoms with Gasteiger partial charge in [0, 0.05) is 32.6 Å². The maximum atomic E-state index is 12.1. The van der Waals surface area contributed by atoms with Crippen molar-refractivity contribution in [2.75, 3.05) is 40.0 Å². The molecule has 1 aromatic rings. The van der Waals surface area contributed by atoms with E-state index in [9.17, 15) is 4.79 Å². The molecule has 1 fully saturated rings. The summed E-state index contributed by atoms with van der Waals surface area (Å²) in [5.74, 6) is 0.126. The number of carbonyl (C=O) groups excluding carboxylic acids is 1. The van der Waals surface area contributed by atoms with Crippen LogP contribution in [-0.2, 0) is 20.9 Å². The summed E-state index contributed by atoms with van der Waals surface area (Å²) in [4.78, 5) is 13.8. The summed E-state index contributed by atoms with van der Waals surface area (Å²) in [6, 6.07) is 10.2. The molecular formula is C16H25ClN2O3. The first-order valence-corrected chi connectivity index (χ1v) is 7.42. The van der Waals surface area contributed by atoms with Gasteiger partial charge in [0.15, 0.2) is 0 Å². The van der Waals surface area contributed by atoms with Crippen LogP contribution in [0.1, 0.15) is 12.0 Å². The van der Waals surface area contributed by atoms with Crippen molar-refractivity contribution < 1.29 is 14.3 Å². The second kappa shape index (κ2) is 10.6. The van der Waals surface area contributed by atoms with Gasteiger partial charge in [-0.25, -0.2) is 0 Å². The fourth-order valence-electron chi connectivity index (χ4n) is 2.21. The standard InChI is InChI=1S/C16H24N2O3.ClH/c1-18(16(19)11-15-13-20-9-7-17-15)8-10-21-12-14-5-3-2-4-6-14;/h2-6,15,17H,7-13H2,1H3;1H. The molecule has 0 aromatic heterocycles. The van der Waals surface area contributed by atoms with E-state index in [1.54, 1.807) is 4.90 Å². The van der Waals surface area contributed by atoms with E-state index < -0.39 is 0 Å². The first-order valence-electron chi connectivity index (χ1n) is 7.42. The van der Waals surface area contributed by atoms with Crippen molar-refractivity contribution in [3.05, 3.63) is 35.9 Å². The molecule has 5 nitrogen and oxygen atoms in total. The molecule has 1 heterocycles. The van der Waals surface area contributed by atoms with E-state index in [2.05, 4.69) is 5.32 Å². The highest BCUT2D eigenvalue weighted by molar-refractivity contribution is 5.85. The molecule has 0 radical (unpaired) electrons. The summed E-state index contributed by atoms with van der Waals surface area (Å²) in [5.41, 5.74) is 1.15. The van der Waals surface area contributed by atoms with Gasteiger partial charge in [-0.15, -0.1) is 12.4 Å². The van der Waals surface area contributed by atoms with Gasteiger partial charge in [0.2, 0.25) is 5.91 Å². The molecule has 1 atom stereocenters. The minimum absolute atomic E-state index is 0. The number of hydrogen-bond donors (Lipinski definition) is 1. The third kappa shape index (κ3) is 6.75. The average Bonchev–Trinajstić information content (AvgIpc) is 2.53. The lowest BCUT2D eigenvalue weighted by Crippen LogP contribution is -2.44. The molecule has 1 saturated heterocycles. The number of nitrogens with zero attached hydrogens (tertiary/aromatic N) is 1. The Hall–Kier alpha value is -1.14. The second-order valence-corrected chi connectivity index (χ2v) is 5.28. The Morgan fingerprint density at radius 3 is 2.86 bits per heavy atom. The number of rotatable bonds is 7. The van der Waals surface area contributed by atoms with Crippen molar-refractivity contribution >= 4 is 18.3 Å². The van der Waals surface area contributed by atoms with Gasteiger partial charge in [-0.1, -0.05) is 30.3 Å². The number of benzene rings is 1. The molecule has 124 valence electrons. The Morgan fingerprint density at radius 2 is 2.18 bits per heavy atom. The topological polar surface area (TPSA) is 50.8 Å². The molecule has 1 unspecified atom stereocenters. The smallest absolute Gasteiger partial charge is 0.224 e. The molecule has 22 heavy (non-hydrogen) atoms. The van der Waals surface area contributed by atoms with Crippen molar-refractivity contribution in [1.29, 1.82) is 0 Å². The van der Waals surface area contributed by atoms with E-state index >= 15 is 0 Å². The summed E-state index contributed by atoms with van der Waals surface area (Å²) in [5, 5.41) is 3.29. The van der Waals surface area contributed by atoms with Crippen LogP contribution in [0.2, 0.25) is 0 Å². The summed E-state index contributed by atoms with van der Waals surface area (Å²) in [7, 11) is 1.82. The highest BCUT2D eigenvalue weighted by atomic mass is 35.5. The van der Waals surface area contributed by atoms with E-state index in [0.29, 0.717) is 32.8 Å². The van der Waals surface area contributed by atoms with Crippen LogP contribution in [0.4, 0.5) is 0 Å². The van der Waals surface area contributed by atoms with E-state index in [1.165, 1.54) is 0 Å². The van der Waals surface area contributed by atoms with E-state index in [4.69, 9.17) is 9.47 Å². The first kappa shape index (κ1) is 18.9. The number of carbonyl (C=O) groups is 1. The zero-order valence-corrected chi connectivity index (χ0v) is 13.8. The van der Waals surface area contributed by atoms with Gasteiger partial charge in [-0.3, -0.25) is 4.79 Å². The van der Waals surface area contributed by atoms with Gasteiger partial charge < -0.3 is 19.7 Å². The molecule has 1 aromatic carbocycles. The average molecular weight is 329 g/mol. The Balaban J connectivity index is 0.00000242. The van der Waals surface area contributed by atoms with Crippen LogP contribution >= 0.6 is 12.4 Å². The number of morpholine rings is 1. The highest BCUT2D eigenvalue weighted by Gasteiger charge is 2.18. The van der Waals surface area contributed by atoms with Crippen LogP contribution in [0.15, 0.2) is 30.3 Å². The molecule has 2 rings (SSSR count). The zero-order chi connectivity index (χ0) is 14.9. The molecule has 0 spiro atoms. The Labute approximate surface area is 138 Å². The lowest BCUT2D eigenvalue weighted by Gasteiger charge is -2.25. The third-order valence-electron chi connectivity index (χ3n) is 3.53. The maximum Gasteiger partial charge on any atom is 0.224 e. The van der Waals surface area contributed by atoms with Crippen LogP contribution in [0, 0.1) is 0 Å². The van der Waals surface area contributed by atoms with Crippen molar-refractivity contribution in [2.24, 2.45) is 0 Å². The SMILES string of the molecule is CN(CCOCc1ccccc1)C(=O)CC1COCCN1.Cl. The normalized spacial score (nSPS) is 17.6. The van der Waals surface area contributed by atoms with Crippen molar-refractivity contribution in [3.8, 4) is 0 Å². The fraction of sp³-hybridized carbons (Fsp3) is 0.562. The van der Waals surface area contributed by atoms with Crippen molar-refractivity contribution in [3.63, 3.8) is 0 Å². The monoisotopic (exact) mass is 328 g/mol. The van der Waals surface area contributed by atoms with Crippen LogP contribution in [0.5, 0.6) is 0 Å². The molecule has 0 bridgehead atoms. The van der Waals surface area contributed by atoms with Gasteiger partial charge >= 0.3 is 0 Å². The minimum atomic E-state index is 0. The predicted octanol–water partition coefficient (Wildman–Crippen LogP) is 1.46. The van der Waals surface area contributed by atoms with Crippen LogP contribution in [0.25, 0.3) is 0 Å². The fourth-order valence-corrected chi connectivity index (χ4v) is 2.21. The molecule has 0 saturated carbocycles. The zero-order valence-electron chi connectivity index (χ0n) is 13.0. The molecule has 0 aliphatic carbocycles. The second-order valence-electron chi connectivity index (χ2n) is 5.28. The summed E-state index contributed by atoms with van der Waals surface area (Å²) >= 11 is 0. The predicted molar refractivity (Wildman–Crippen MR) is 88.2 cm³/mol. The van der Waals surface area contributed by atoms with E-state index in [1.807, 2.05) is 37.4 Å². The third-order valence-corrected chi connectivity index (χ3v) is 3.53. The van der Waals surface area contributed by atoms with Crippen LogP contribution in [-0.4, -0.2) is 56.8 Å². The maximum absolute atomic E-state index is 12.1. The number of likely N-dealkylation sites (N-methyl/N-ethyl adjacent to an activating group) is 1. The minimum Gasteiger partial charge on any atom is -0.378 e. The highest BCUT2D eigenvalue weighted by Crippen LogP contribution is 2.03. The summed E-state index contributed by atoms with van der Waals surface area (Å²) < 4.78 is 10.9. The Bertz CT molecular complexity index is 425. The first-order chi connectivity index (χ1) is 10.3. The van der Waals surface area contributed by atoms with Crippen LogP contribution < -0.4 is 5.32 Å². The van der Waals surface area contributed by atoms with Crippen molar-refractivity contribution in [1.82, 2.24) is 10.2 Å². The number of nitrogens with one attached hydrogen (secondary N) is 1. The van der Waals surface area contributed by atoms with E-state index in [-0.39, 0.29) is 24.4 Å². The number of hydrogen-bond acceptors (Lipinski definition) is 4. The van der Waals surface area contributed by atoms with Gasteiger partial charge in [0.1, 0.15) is 0 Å². The molecule has 1 aliphatic rings. The van der Waals surface area contributed by atoms with Gasteiger partial charge in [0.25, 0.3) is 0 Å². The number of ether oxygens (including phenoxy) is 2. The summed E-state index contributed by atoms with van der Waals surface area (Å²) in [6.45, 7) is 3.91. The largest absolute Gasteiger partial charge is 0.378 e. The molecule has 1 amide bonds. The number of amides is 1. The molecule has 1 aliphatic heterocycles. The number of halogens is 1. The summed E-state index contributed by atoms with van der Waals surface area (Å²) in [6.07, 6.45) is 0.481. The van der Waals surface area contributed by atoms with Gasteiger partial charge in [-0.05, 0) is 5.56 Å². The van der Waals surface area contributed by atoms with Crippen LogP contribution in [0.3, 0.4) is 0 Å². The molecule has 6 heteroatoms. The lowest BCUT2D eigenvalue weighted by molar-refractivity contribution is -0.131. The Kier molecular flexibility index (Phi) is 9.08. The molecule has 1 N–H and O–H groups in total. The van der Waals surface area contributed by atoms with Crippen molar-refractivity contribution in [2.45, 2.75) is 19.1 Å². The van der Waals surface area contributed by atoms with Gasteiger partial charge in [0.05, 0.1) is 26.4 Å². The quantitative estimate of drug-likeness (QED) is 0.770. The molecular weight excluding hydrogens is 304 g/mol.